The number of rotatable bonds is 2. The minimum absolute atomic E-state index is 0.286. The smallest absolute Gasteiger partial charge is 0.331 e. The molecule has 0 aliphatic carbocycles. The van der Waals surface area contributed by atoms with Gasteiger partial charge in [-0.3, -0.25) is 5.43 Å². The van der Waals surface area contributed by atoms with Gasteiger partial charge in [-0.25, -0.2) is 9.18 Å². The number of carboxylic acid groups (broad SMARTS) is 1. The Kier molecular flexibility index (Phi) is 2.38. The molecule has 2 N–H and O–H groups in total. The summed E-state index contributed by atoms with van der Waals surface area (Å²) in [7, 11) is 0. The highest BCUT2D eigenvalue weighted by atomic mass is 19.1. The van der Waals surface area contributed by atoms with Crippen LogP contribution in [0.4, 0.5) is 4.39 Å². The van der Waals surface area contributed by atoms with Crippen LogP contribution >= 0.6 is 0 Å². The fourth-order valence-corrected chi connectivity index (χ4v) is 1.54. The molecule has 0 amide bonds. The van der Waals surface area contributed by atoms with Gasteiger partial charge in [0.25, 0.3) is 0 Å². The molecule has 0 spiro atoms. The lowest BCUT2D eigenvalue weighted by Crippen LogP contribution is -2.44. The van der Waals surface area contributed by atoms with Gasteiger partial charge in [0.05, 0.1) is 5.71 Å². The first-order valence-electron chi connectivity index (χ1n) is 4.84. The lowest BCUT2D eigenvalue weighted by Gasteiger charge is -2.16. The third-order valence-corrected chi connectivity index (χ3v) is 2.61. The maximum atomic E-state index is 12.7. The number of hydrogen-bond acceptors (Lipinski definition) is 3. The summed E-state index contributed by atoms with van der Waals surface area (Å²) >= 11 is 0. The molecule has 0 bridgehead atoms. The molecule has 5 heteroatoms. The Balaban J connectivity index is 2.20. The molecule has 1 aromatic rings. The van der Waals surface area contributed by atoms with Crippen molar-refractivity contribution in [2.24, 2.45) is 5.10 Å². The molecule has 1 aliphatic heterocycles. The van der Waals surface area contributed by atoms with E-state index >= 15 is 0 Å². The van der Waals surface area contributed by atoms with E-state index in [9.17, 15) is 9.18 Å². The van der Waals surface area contributed by atoms with Crippen molar-refractivity contribution in [3.05, 3.63) is 35.6 Å². The van der Waals surface area contributed by atoms with Crippen LogP contribution in [0, 0.1) is 5.82 Å². The van der Waals surface area contributed by atoms with Crippen molar-refractivity contribution in [2.75, 3.05) is 0 Å². The number of hydrazone groups is 1. The average molecular weight is 222 g/mol. The molecule has 1 aromatic carbocycles. The third kappa shape index (κ3) is 1.76. The average Bonchev–Trinajstić information content (AvgIpc) is 2.63. The van der Waals surface area contributed by atoms with Crippen LogP contribution in [0.2, 0.25) is 0 Å². The molecular weight excluding hydrogens is 211 g/mol. The van der Waals surface area contributed by atoms with Gasteiger partial charge in [0.15, 0.2) is 5.54 Å². The monoisotopic (exact) mass is 222 g/mol. The van der Waals surface area contributed by atoms with E-state index < -0.39 is 11.5 Å². The molecule has 2 rings (SSSR count). The SMILES string of the molecule is CC1(C(=O)O)CC(c2ccc(F)cc2)=NN1. The minimum atomic E-state index is -1.07. The molecule has 0 radical (unpaired) electrons. The van der Waals surface area contributed by atoms with Crippen LogP contribution in [0.5, 0.6) is 0 Å². The number of nitrogens with zero attached hydrogens (tertiary/aromatic N) is 1. The number of hydrogen-bond donors (Lipinski definition) is 2. The van der Waals surface area contributed by atoms with Crippen molar-refractivity contribution in [1.82, 2.24) is 5.43 Å². The van der Waals surface area contributed by atoms with Crippen LogP contribution in [0.3, 0.4) is 0 Å². The Morgan fingerprint density at radius 2 is 2.12 bits per heavy atom. The zero-order valence-corrected chi connectivity index (χ0v) is 8.70. The summed E-state index contributed by atoms with van der Waals surface area (Å²) in [6, 6.07) is 5.83. The second kappa shape index (κ2) is 3.59. The van der Waals surface area contributed by atoms with Gasteiger partial charge < -0.3 is 5.11 Å². The highest BCUT2D eigenvalue weighted by Crippen LogP contribution is 2.21. The Labute approximate surface area is 91.8 Å². The first-order chi connectivity index (χ1) is 7.51. The molecule has 4 nitrogen and oxygen atoms in total. The van der Waals surface area contributed by atoms with E-state index in [1.807, 2.05) is 0 Å². The molecule has 16 heavy (non-hydrogen) atoms. The van der Waals surface area contributed by atoms with Crippen LogP contribution in [-0.4, -0.2) is 22.3 Å². The number of carboxylic acids is 1. The van der Waals surface area contributed by atoms with Crippen LogP contribution < -0.4 is 5.43 Å². The number of benzene rings is 1. The molecule has 1 heterocycles. The van der Waals surface area contributed by atoms with E-state index in [2.05, 4.69) is 10.5 Å². The highest BCUT2D eigenvalue weighted by Gasteiger charge is 2.38. The molecule has 0 fully saturated rings. The minimum Gasteiger partial charge on any atom is -0.479 e. The largest absolute Gasteiger partial charge is 0.479 e. The molecular formula is C11H11FN2O2. The second-order valence-corrected chi connectivity index (χ2v) is 3.99. The summed E-state index contributed by atoms with van der Waals surface area (Å²) in [5.41, 5.74) is 2.89. The van der Waals surface area contributed by atoms with Crippen molar-refractivity contribution in [1.29, 1.82) is 0 Å². The summed E-state index contributed by atoms with van der Waals surface area (Å²) in [5.74, 6) is -1.27. The zero-order chi connectivity index (χ0) is 11.8. The number of halogens is 1. The van der Waals surface area contributed by atoms with Crippen LogP contribution in [-0.2, 0) is 4.79 Å². The lowest BCUT2D eigenvalue weighted by molar-refractivity contribution is -0.143. The van der Waals surface area contributed by atoms with Gasteiger partial charge in [0.1, 0.15) is 5.82 Å². The summed E-state index contributed by atoms with van der Waals surface area (Å²) < 4.78 is 12.7. The first kappa shape index (κ1) is 10.6. The fraction of sp³-hybridized carbons (Fsp3) is 0.273. The maximum Gasteiger partial charge on any atom is 0.331 e. The van der Waals surface area contributed by atoms with Crippen molar-refractivity contribution in [2.45, 2.75) is 18.9 Å². The topological polar surface area (TPSA) is 61.7 Å². The predicted octanol–water partition coefficient (Wildman–Crippen LogP) is 1.37. The van der Waals surface area contributed by atoms with Gasteiger partial charge in [0, 0.05) is 6.42 Å². The van der Waals surface area contributed by atoms with Gasteiger partial charge in [-0.2, -0.15) is 5.10 Å². The molecule has 1 aliphatic rings. The van der Waals surface area contributed by atoms with E-state index in [0.717, 1.165) is 5.56 Å². The molecule has 1 unspecified atom stereocenters. The van der Waals surface area contributed by atoms with Crippen molar-refractivity contribution < 1.29 is 14.3 Å². The van der Waals surface area contributed by atoms with Crippen molar-refractivity contribution in [3.8, 4) is 0 Å². The van der Waals surface area contributed by atoms with E-state index in [0.29, 0.717) is 5.71 Å². The number of carbonyl (C=O) groups is 1. The Morgan fingerprint density at radius 3 is 2.62 bits per heavy atom. The third-order valence-electron chi connectivity index (χ3n) is 2.61. The highest BCUT2D eigenvalue weighted by molar-refractivity contribution is 6.05. The lowest BCUT2D eigenvalue weighted by atomic mass is 9.94. The maximum absolute atomic E-state index is 12.7. The standard InChI is InChI=1S/C11H11FN2O2/c1-11(10(15)16)6-9(13-14-11)7-2-4-8(12)5-3-7/h2-5,14H,6H2,1H3,(H,15,16). The van der Waals surface area contributed by atoms with Gasteiger partial charge >= 0.3 is 5.97 Å². The van der Waals surface area contributed by atoms with Gasteiger partial charge in [0.2, 0.25) is 0 Å². The molecule has 84 valence electrons. The summed E-state index contributed by atoms with van der Waals surface area (Å²) in [4.78, 5) is 11.0. The van der Waals surface area contributed by atoms with E-state index in [-0.39, 0.29) is 12.2 Å². The summed E-state index contributed by atoms with van der Waals surface area (Å²) in [6.45, 7) is 1.56. The summed E-state index contributed by atoms with van der Waals surface area (Å²) in [5, 5.41) is 13.0. The van der Waals surface area contributed by atoms with Crippen LogP contribution in [0.15, 0.2) is 29.4 Å². The predicted molar refractivity (Wildman–Crippen MR) is 56.7 cm³/mol. The Bertz CT molecular complexity index is 456. The first-order valence-corrected chi connectivity index (χ1v) is 4.84. The molecule has 1 atom stereocenters. The second-order valence-electron chi connectivity index (χ2n) is 3.99. The van der Waals surface area contributed by atoms with E-state index in [1.165, 1.54) is 12.1 Å². The molecule has 0 saturated carbocycles. The van der Waals surface area contributed by atoms with E-state index in [1.54, 1.807) is 19.1 Å². The molecule has 0 saturated heterocycles. The Morgan fingerprint density at radius 1 is 1.50 bits per heavy atom. The number of nitrogens with one attached hydrogen (secondary N) is 1. The van der Waals surface area contributed by atoms with E-state index in [4.69, 9.17) is 5.11 Å². The van der Waals surface area contributed by atoms with Crippen molar-refractivity contribution >= 4 is 11.7 Å². The summed E-state index contributed by atoms with van der Waals surface area (Å²) in [6.07, 6.45) is 0.286. The quantitative estimate of drug-likeness (QED) is 0.794. The Hall–Kier alpha value is -1.91. The van der Waals surface area contributed by atoms with Gasteiger partial charge in [-0.1, -0.05) is 12.1 Å². The zero-order valence-electron chi connectivity index (χ0n) is 8.70. The van der Waals surface area contributed by atoms with Gasteiger partial charge in [-0.05, 0) is 24.6 Å². The van der Waals surface area contributed by atoms with Crippen LogP contribution in [0.1, 0.15) is 18.9 Å². The van der Waals surface area contributed by atoms with Crippen molar-refractivity contribution in [3.63, 3.8) is 0 Å². The molecule has 0 aromatic heterocycles. The van der Waals surface area contributed by atoms with Crippen LogP contribution in [0.25, 0.3) is 0 Å². The number of aliphatic carboxylic acids is 1. The normalized spacial score (nSPS) is 23.8. The fourth-order valence-electron chi connectivity index (χ4n) is 1.54. The van der Waals surface area contributed by atoms with Gasteiger partial charge in [-0.15, -0.1) is 0 Å².